The lowest BCUT2D eigenvalue weighted by Crippen LogP contribution is -2.37. The molecule has 0 aromatic carbocycles. The van der Waals surface area contributed by atoms with Crippen LogP contribution in [0, 0.1) is 0 Å². The zero-order chi connectivity index (χ0) is 30.0. The SMILES string of the molecule is CCCC/C=C\CCCCCCCCOCC(COP(=O)(O)OCC[N+](C)(C)C)OC(=O)CCCCCCCC. The summed E-state index contributed by atoms with van der Waals surface area (Å²) in [5, 5.41) is 0. The smallest absolute Gasteiger partial charge is 0.457 e. The molecule has 0 aromatic heterocycles. The molecule has 0 amide bonds. The van der Waals surface area contributed by atoms with E-state index in [0.717, 1.165) is 32.1 Å². The van der Waals surface area contributed by atoms with E-state index in [0.29, 0.717) is 24.1 Å². The summed E-state index contributed by atoms with van der Waals surface area (Å²) in [7, 11) is 1.66. The second-order valence-corrected chi connectivity index (χ2v) is 13.3. The van der Waals surface area contributed by atoms with Gasteiger partial charge >= 0.3 is 13.8 Å². The Morgan fingerprint density at radius 1 is 0.750 bits per heavy atom. The van der Waals surface area contributed by atoms with Crippen LogP contribution in [0.4, 0.5) is 0 Å². The van der Waals surface area contributed by atoms with Gasteiger partial charge in [-0.05, 0) is 32.1 Å². The van der Waals surface area contributed by atoms with E-state index in [1.54, 1.807) is 0 Å². The molecule has 2 atom stereocenters. The Labute approximate surface area is 246 Å². The molecular weight excluding hydrogens is 529 g/mol. The van der Waals surface area contributed by atoms with E-state index >= 15 is 0 Å². The molecule has 1 N–H and O–H groups in total. The highest BCUT2D eigenvalue weighted by atomic mass is 31.2. The van der Waals surface area contributed by atoms with Crippen molar-refractivity contribution in [3.63, 3.8) is 0 Å². The lowest BCUT2D eigenvalue weighted by atomic mass is 10.1. The predicted octanol–water partition coefficient (Wildman–Crippen LogP) is 7.98. The number of allylic oxidation sites excluding steroid dienone is 2. The average Bonchev–Trinajstić information content (AvgIpc) is 2.88. The number of quaternary nitrogens is 1. The van der Waals surface area contributed by atoms with Crippen molar-refractivity contribution in [1.29, 1.82) is 0 Å². The molecule has 0 bridgehead atoms. The van der Waals surface area contributed by atoms with Crippen LogP contribution in [-0.2, 0) is 27.9 Å². The van der Waals surface area contributed by atoms with E-state index in [-0.39, 0.29) is 25.8 Å². The topological polar surface area (TPSA) is 91.3 Å². The van der Waals surface area contributed by atoms with Crippen molar-refractivity contribution >= 4 is 13.8 Å². The molecule has 0 saturated carbocycles. The average molecular weight is 593 g/mol. The standard InChI is InChI=1S/C31H62NO7P/c1-6-8-10-12-14-15-16-17-18-19-21-23-26-36-28-30(39-31(33)24-22-20-13-11-9-7-2)29-38-40(34,35)37-27-25-32(3,4)5/h12,14,30H,6-11,13,15-29H2,1-5H3/p+1/b14-12-. The first-order valence-corrected chi connectivity index (χ1v) is 17.4. The van der Waals surface area contributed by atoms with Gasteiger partial charge in [-0.2, -0.15) is 0 Å². The highest BCUT2D eigenvalue weighted by molar-refractivity contribution is 7.47. The Morgan fingerprint density at radius 3 is 1.98 bits per heavy atom. The van der Waals surface area contributed by atoms with Crippen LogP contribution in [0.5, 0.6) is 0 Å². The third-order valence-electron chi connectivity index (χ3n) is 6.58. The summed E-state index contributed by atoms with van der Waals surface area (Å²) >= 11 is 0. The van der Waals surface area contributed by atoms with Gasteiger partial charge in [0.25, 0.3) is 0 Å². The molecule has 0 aliphatic heterocycles. The Kier molecular flexibility index (Phi) is 25.4. The number of esters is 1. The molecule has 0 radical (unpaired) electrons. The second-order valence-electron chi connectivity index (χ2n) is 11.8. The van der Waals surface area contributed by atoms with Gasteiger partial charge in [0, 0.05) is 13.0 Å². The van der Waals surface area contributed by atoms with Gasteiger partial charge in [0.2, 0.25) is 0 Å². The molecule has 8 nitrogen and oxygen atoms in total. The van der Waals surface area contributed by atoms with Gasteiger partial charge in [-0.15, -0.1) is 0 Å². The quantitative estimate of drug-likeness (QED) is 0.0309. The van der Waals surface area contributed by atoms with Crippen LogP contribution in [0.1, 0.15) is 123 Å². The maximum absolute atomic E-state index is 12.4. The minimum absolute atomic E-state index is 0.0892. The van der Waals surface area contributed by atoms with E-state index in [2.05, 4.69) is 26.0 Å². The fraction of sp³-hybridized carbons (Fsp3) is 0.903. The summed E-state index contributed by atoms with van der Waals surface area (Å²) in [6.45, 7) is 5.49. The number of carbonyl (C=O) groups is 1. The Bertz CT molecular complexity index is 667. The molecule has 0 aliphatic carbocycles. The first kappa shape index (κ1) is 39.2. The van der Waals surface area contributed by atoms with Crippen LogP contribution in [-0.4, -0.2) is 75.6 Å². The molecule has 0 aromatic rings. The Hall–Kier alpha value is -0.760. The molecule has 9 heteroatoms. The summed E-state index contributed by atoms with van der Waals surface area (Å²) in [5.41, 5.74) is 0. The number of ether oxygens (including phenoxy) is 2. The summed E-state index contributed by atoms with van der Waals surface area (Å²) in [6, 6.07) is 0. The van der Waals surface area contributed by atoms with Gasteiger partial charge in [-0.1, -0.05) is 96.6 Å². The van der Waals surface area contributed by atoms with Gasteiger partial charge in [-0.3, -0.25) is 13.8 Å². The third kappa shape index (κ3) is 28.8. The molecular formula is C31H63NO7P+. The fourth-order valence-corrected chi connectivity index (χ4v) is 4.74. The molecule has 0 aliphatic rings. The van der Waals surface area contributed by atoms with Crippen LogP contribution in [0.25, 0.3) is 0 Å². The number of likely N-dealkylation sites (N-methyl/N-ethyl adjacent to an activating group) is 1. The number of phosphoric ester groups is 1. The highest BCUT2D eigenvalue weighted by Gasteiger charge is 2.26. The van der Waals surface area contributed by atoms with Crippen LogP contribution in [0.3, 0.4) is 0 Å². The second kappa shape index (κ2) is 25.9. The van der Waals surface area contributed by atoms with E-state index in [1.807, 2.05) is 21.1 Å². The lowest BCUT2D eigenvalue weighted by molar-refractivity contribution is -0.870. The van der Waals surface area contributed by atoms with Crippen molar-refractivity contribution < 1.29 is 37.3 Å². The van der Waals surface area contributed by atoms with Crippen LogP contribution in [0.15, 0.2) is 12.2 Å². The molecule has 238 valence electrons. The summed E-state index contributed by atoms with van der Waals surface area (Å²) < 4.78 is 34.5. The number of nitrogens with zero attached hydrogens (tertiary/aromatic N) is 1. The van der Waals surface area contributed by atoms with Gasteiger partial charge in [-0.25, -0.2) is 4.57 Å². The van der Waals surface area contributed by atoms with Crippen molar-refractivity contribution in [3.8, 4) is 0 Å². The van der Waals surface area contributed by atoms with Crippen LogP contribution >= 0.6 is 7.82 Å². The normalized spacial score (nSPS) is 14.4. The molecule has 0 rings (SSSR count). The molecule has 0 heterocycles. The molecule has 0 fully saturated rings. The van der Waals surface area contributed by atoms with Gasteiger partial charge in [0.15, 0.2) is 0 Å². The number of unbranched alkanes of at least 4 members (excludes halogenated alkanes) is 13. The van der Waals surface area contributed by atoms with Crippen molar-refractivity contribution in [2.75, 3.05) is 54.1 Å². The maximum Gasteiger partial charge on any atom is 0.472 e. The lowest BCUT2D eigenvalue weighted by Gasteiger charge is -2.24. The van der Waals surface area contributed by atoms with Gasteiger partial charge in [0.05, 0.1) is 34.4 Å². The first-order chi connectivity index (χ1) is 19.1. The van der Waals surface area contributed by atoms with E-state index in [4.69, 9.17) is 18.5 Å². The zero-order valence-corrected chi connectivity index (χ0v) is 27.5. The zero-order valence-electron chi connectivity index (χ0n) is 26.6. The highest BCUT2D eigenvalue weighted by Crippen LogP contribution is 2.43. The van der Waals surface area contributed by atoms with Gasteiger partial charge < -0.3 is 18.9 Å². The van der Waals surface area contributed by atoms with Crippen LogP contribution in [0.2, 0.25) is 0 Å². The molecule has 0 spiro atoms. The minimum Gasteiger partial charge on any atom is -0.457 e. The predicted molar refractivity (Wildman–Crippen MR) is 164 cm³/mol. The number of hydrogen-bond acceptors (Lipinski definition) is 6. The Balaban J connectivity index is 4.32. The minimum atomic E-state index is -4.25. The molecule has 0 saturated heterocycles. The van der Waals surface area contributed by atoms with Crippen molar-refractivity contribution in [2.45, 2.75) is 129 Å². The summed E-state index contributed by atoms with van der Waals surface area (Å²) in [4.78, 5) is 22.4. The molecule has 2 unspecified atom stereocenters. The Morgan fingerprint density at radius 2 is 1.32 bits per heavy atom. The summed E-state index contributed by atoms with van der Waals surface area (Å²) in [5.74, 6) is -0.327. The van der Waals surface area contributed by atoms with E-state index in [1.165, 1.54) is 70.6 Å². The fourth-order valence-electron chi connectivity index (χ4n) is 4.00. The number of phosphoric acid groups is 1. The maximum atomic E-state index is 12.4. The number of hydrogen-bond donors (Lipinski definition) is 1. The molecule has 40 heavy (non-hydrogen) atoms. The van der Waals surface area contributed by atoms with E-state index < -0.39 is 13.9 Å². The number of rotatable bonds is 29. The largest absolute Gasteiger partial charge is 0.472 e. The number of carbonyl (C=O) groups excluding carboxylic acids is 1. The van der Waals surface area contributed by atoms with Crippen molar-refractivity contribution in [2.24, 2.45) is 0 Å². The van der Waals surface area contributed by atoms with E-state index in [9.17, 15) is 14.3 Å². The van der Waals surface area contributed by atoms with Crippen molar-refractivity contribution in [3.05, 3.63) is 12.2 Å². The summed E-state index contributed by atoms with van der Waals surface area (Å²) in [6.07, 6.45) is 22.5. The monoisotopic (exact) mass is 592 g/mol. The third-order valence-corrected chi connectivity index (χ3v) is 7.56. The van der Waals surface area contributed by atoms with Crippen LogP contribution < -0.4 is 0 Å². The van der Waals surface area contributed by atoms with Gasteiger partial charge in [0.1, 0.15) is 19.3 Å². The first-order valence-electron chi connectivity index (χ1n) is 15.9. The van der Waals surface area contributed by atoms with Crippen molar-refractivity contribution in [1.82, 2.24) is 0 Å².